The average molecular weight is 308 g/mol. The summed E-state index contributed by atoms with van der Waals surface area (Å²) in [7, 11) is 0. The molecule has 0 unspecified atom stereocenters. The molecule has 5 heteroatoms. The Labute approximate surface area is 94.1 Å². The van der Waals surface area contributed by atoms with Crippen molar-refractivity contribution >= 4 is 22.6 Å². The van der Waals surface area contributed by atoms with Crippen LogP contribution in [0.4, 0.5) is 8.78 Å². The van der Waals surface area contributed by atoms with Crippen molar-refractivity contribution < 1.29 is 8.78 Å². The van der Waals surface area contributed by atoms with Crippen molar-refractivity contribution in [2.24, 2.45) is 0 Å². The van der Waals surface area contributed by atoms with Crippen molar-refractivity contribution in [3.05, 3.63) is 26.6 Å². The van der Waals surface area contributed by atoms with Gasteiger partial charge in [0.25, 0.3) is 6.43 Å². The molecule has 2 nitrogen and oxygen atoms in total. The molecule has 1 heterocycles. The molecule has 0 amide bonds. The maximum Gasteiger partial charge on any atom is 0.280 e. The van der Waals surface area contributed by atoms with Gasteiger partial charge in [-0.1, -0.05) is 0 Å². The van der Waals surface area contributed by atoms with Crippen molar-refractivity contribution in [2.45, 2.75) is 19.8 Å². The van der Waals surface area contributed by atoms with Crippen LogP contribution in [0.5, 0.6) is 0 Å². The number of alkyl halides is 2. The molecule has 0 N–H and O–H groups in total. The number of pyridine rings is 1. The minimum atomic E-state index is -2.58. The smallest absolute Gasteiger partial charge is 0.249 e. The Kier molecular flexibility index (Phi) is 3.75. The molecule has 0 aliphatic rings. The molecule has 0 fully saturated rings. The second-order valence-corrected chi connectivity index (χ2v) is 3.92. The lowest BCUT2D eigenvalue weighted by Gasteiger charge is -2.07. The van der Waals surface area contributed by atoms with E-state index in [0.717, 1.165) is 3.57 Å². The molecule has 1 rings (SSSR count). The van der Waals surface area contributed by atoms with Crippen LogP contribution in [0.15, 0.2) is 6.07 Å². The van der Waals surface area contributed by atoms with Crippen LogP contribution in [0.1, 0.15) is 23.4 Å². The van der Waals surface area contributed by atoms with Gasteiger partial charge in [-0.3, -0.25) is 0 Å². The zero-order chi connectivity index (χ0) is 10.7. The Hall–Kier alpha value is -0.770. The molecule has 0 aliphatic carbocycles. The number of hydrogen-bond acceptors (Lipinski definition) is 2. The van der Waals surface area contributed by atoms with E-state index >= 15 is 0 Å². The maximum absolute atomic E-state index is 12.4. The van der Waals surface area contributed by atoms with E-state index in [-0.39, 0.29) is 12.1 Å². The van der Waals surface area contributed by atoms with Crippen LogP contribution in [-0.2, 0) is 6.42 Å². The third kappa shape index (κ3) is 2.38. The summed E-state index contributed by atoms with van der Waals surface area (Å²) in [4.78, 5) is 3.78. The van der Waals surface area contributed by atoms with Gasteiger partial charge in [-0.2, -0.15) is 5.26 Å². The SMILES string of the molecule is Cc1cc(I)c(CC#N)nc1C(F)F. The minimum absolute atomic E-state index is 0.0677. The Bertz CT molecular complexity index is 385. The van der Waals surface area contributed by atoms with E-state index in [1.165, 1.54) is 0 Å². The van der Waals surface area contributed by atoms with Gasteiger partial charge in [-0.15, -0.1) is 0 Å². The predicted molar refractivity (Wildman–Crippen MR) is 56.0 cm³/mol. The molecule has 74 valence electrons. The summed E-state index contributed by atoms with van der Waals surface area (Å²) >= 11 is 1.99. The maximum atomic E-state index is 12.4. The molecule has 1 aromatic rings. The predicted octanol–water partition coefficient (Wildman–Crippen LogP) is 3.00. The molecule has 0 spiro atoms. The average Bonchev–Trinajstić information content (AvgIpc) is 2.09. The van der Waals surface area contributed by atoms with Crippen LogP contribution >= 0.6 is 22.6 Å². The number of nitrogens with zero attached hydrogens (tertiary/aromatic N) is 2. The van der Waals surface area contributed by atoms with Gasteiger partial charge in [0.15, 0.2) is 0 Å². The van der Waals surface area contributed by atoms with Gasteiger partial charge in [0.05, 0.1) is 18.2 Å². The number of nitriles is 1. The lowest BCUT2D eigenvalue weighted by atomic mass is 10.2. The van der Waals surface area contributed by atoms with Crippen molar-refractivity contribution in [2.75, 3.05) is 0 Å². The van der Waals surface area contributed by atoms with E-state index in [2.05, 4.69) is 4.98 Å². The van der Waals surface area contributed by atoms with Gasteiger partial charge in [0.2, 0.25) is 0 Å². The molecular weight excluding hydrogens is 301 g/mol. The molecule has 1 aromatic heterocycles. The fourth-order valence-corrected chi connectivity index (χ4v) is 1.83. The normalized spacial score (nSPS) is 10.3. The van der Waals surface area contributed by atoms with Crippen LogP contribution < -0.4 is 0 Å². The third-order valence-corrected chi connectivity index (χ3v) is 2.67. The van der Waals surface area contributed by atoms with Crippen LogP contribution in [0.3, 0.4) is 0 Å². The number of halogens is 3. The molecule has 14 heavy (non-hydrogen) atoms. The molecule has 0 aliphatic heterocycles. The minimum Gasteiger partial charge on any atom is -0.249 e. The highest BCUT2D eigenvalue weighted by Crippen LogP contribution is 2.23. The van der Waals surface area contributed by atoms with Gasteiger partial charge in [0, 0.05) is 3.57 Å². The topological polar surface area (TPSA) is 36.7 Å². The van der Waals surface area contributed by atoms with E-state index in [0.29, 0.717) is 11.3 Å². The van der Waals surface area contributed by atoms with Crippen molar-refractivity contribution in [1.29, 1.82) is 5.26 Å². The molecule has 0 atom stereocenters. The monoisotopic (exact) mass is 308 g/mol. The van der Waals surface area contributed by atoms with Crippen LogP contribution in [0, 0.1) is 21.8 Å². The summed E-state index contributed by atoms with van der Waals surface area (Å²) in [5, 5.41) is 8.46. The number of hydrogen-bond donors (Lipinski definition) is 0. The zero-order valence-electron chi connectivity index (χ0n) is 7.39. The van der Waals surface area contributed by atoms with E-state index in [4.69, 9.17) is 5.26 Å². The first kappa shape index (κ1) is 11.3. The quantitative estimate of drug-likeness (QED) is 0.788. The summed E-state index contributed by atoms with van der Waals surface area (Å²) < 4.78 is 25.6. The lowest BCUT2D eigenvalue weighted by molar-refractivity contribution is 0.145. The summed E-state index contributed by atoms with van der Waals surface area (Å²) in [6.07, 6.45) is -2.51. The summed E-state index contributed by atoms with van der Waals surface area (Å²) in [6, 6.07) is 3.52. The van der Waals surface area contributed by atoms with E-state index < -0.39 is 6.43 Å². The summed E-state index contributed by atoms with van der Waals surface area (Å²) in [6.45, 7) is 1.59. The molecule has 0 saturated carbocycles. The van der Waals surface area contributed by atoms with Gasteiger partial charge in [0.1, 0.15) is 5.69 Å². The molecule has 0 bridgehead atoms. The first-order valence-electron chi connectivity index (χ1n) is 3.87. The Morgan fingerprint density at radius 2 is 2.29 bits per heavy atom. The van der Waals surface area contributed by atoms with E-state index in [9.17, 15) is 8.78 Å². The first-order valence-corrected chi connectivity index (χ1v) is 4.95. The van der Waals surface area contributed by atoms with Crippen LogP contribution in [0.2, 0.25) is 0 Å². The summed E-state index contributed by atoms with van der Waals surface area (Å²) in [5.74, 6) is 0. The Morgan fingerprint density at radius 1 is 1.64 bits per heavy atom. The second-order valence-electron chi connectivity index (χ2n) is 2.75. The van der Waals surface area contributed by atoms with Gasteiger partial charge in [-0.05, 0) is 41.1 Å². The molecule has 0 radical (unpaired) electrons. The van der Waals surface area contributed by atoms with Gasteiger partial charge in [-0.25, -0.2) is 13.8 Å². The Morgan fingerprint density at radius 3 is 2.79 bits per heavy atom. The standard InChI is InChI=1S/C9H7F2IN2/c1-5-4-6(12)7(2-3-13)14-8(5)9(10)11/h4,9H,2H2,1H3. The number of aryl methyl sites for hydroxylation is 1. The Balaban J connectivity index is 3.21. The van der Waals surface area contributed by atoms with Crippen molar-refractivity contribution in [3.8, 4) is 6.07 Å². The highest BCUT2D eigenvalue weighted by molar-refractivity contribution is 14.1. The molecule has 0 saturated heterocycles. The van der Waals surface area contributed by atoms with Gasteiger partial charge >= 0.3 is 0 Å². The van der Waals surface area contributed by atoms with Gasteiger partial charge < -0.3 is 0 Å². The number of aromatic nitrogens is 1. The van der Waals surface area contributed by atoms with Crippen LogP contribution in [-0.4, -0.2) is 4.98 Å². The fourth-order valence-electron chi connectivity index (χ4n) is 1.05. The number of rotatable bonds is 2. The highest BCUT2D eigenvalue weighted by Gasteiger charge is 2.15. The second kappa shape index (κ2) is 4.64. The zero-order valence-corrected chi connectivity index (χ0v) is 9.55. The lowest BCUT2D eigenvalue weighted by Crippen LogP contribution is -2.01. The van der Waals surface area contributed by atoms with E-state index in [1.807, 2.05) is 28.7 Å². The first-order chi connectivity index (χ1) is 6.56. The largest absolute Gasteiger partial charge is 0.280 e. The van der Waals surface area contributed by atoms with Crippen molar-refractivity contribution in [3.63, 3.8) is 0 Å². The van der Waals surface area contributed by atoms with Crippen molar-refractivity contribution in [1.82, 2.24) is 4.98 Å². The third-order valence-electron chi connectivity index (χ3n) is 1.73. The highest BCUT2D eigenvalue weighted by atomic mass is 127. The van der Waals surface area contributed by atoms with E-state index in [1.54, 1.807) is 13.0 Å². The molecular formula is C9H7F2IN2. The molecule has 0 aromatic carbocycles. The fraction of sp³-hybridized carbons (Fsp3) is 0.333. The van der Waals surface area contributed by atoms with Crippen LogP contribution in [0.25, 0.3) is 0 Å². The summed E-state index contributed by atoms with van der Waals surface area (Å²) in [5.41, 5.74) is 0.663.